The van der Waals surface area contributed by atoms with Crippen molar-refractivity contribution in [2.45, 2.75) is 13.0 Å². The third kappa shape index (κ3) is 4.15. The maximum absolute atomic E-state index is 13.5. The molecule has 0 saturated carbocycles. The normalized spacial score (nSPS) is 11.5. The van der Waals surface area contributed by atoms with Gasteiger partial charge in [0.25, 0.3) is 11.6 Å². The summed E-state index contributed by atoms with van der Waals surface area (Å²) in [5.74, 6) is -6.69. The molecule has 2 aromatic rings. The van der Waals surface area contributed by atoms with E-state index in [2.05, 4.69) is 0 Å². The molecule has 0 bridgehead atoms. The zero-order valence-electron chi connectivity index (χ0n) is 13.2. The van der Waals surface area contributed by atoms with Gasteiger partial charge in [0.15, 0.2) is 23.6 Å². The first-order chi connectivity index (χ1) is 12.2. The Morgan fingerprint density at radius 3 is 2.27 bits per heavy atom. The molecule has 0 aliphatic carbocycles. The van der Waals surface area contributed by atoms with E-state index >= 15 is 0 Å². The van der Waals surface area contributed by atoms with Crippen LogP contribution < -0.4 is 5.32 Å². The Morgan fingerprint density at radius 1 is 1.08 bits per heavy atom. The lowest BCUT2D eigenvalue weighted by Gasteiger charge is -2.14. The number of nitro groups is 1. The van der Waals surface area contributed by atoms with Gasteiger partial charge in [-0.3, -0.25) is 14.9 Å². The summed E-state index contributed by atoms with van der Waals surface area (Å²) in [5.41, 5.74) is -0.900. The number of anilines is 1. The first kappa shape index (κ1) is 18.9. The predicted molar refractivity (Wildman–Crippen MR) is 82.9 cm³/mol. The summed E-state index contributed by atoms with van der Waals surface area (Å²) in [4.78, 5) is 33.7. The summed E-state index contributed by atoms with van der Waals surface area (Å²) >= 11 is 0. The van der Waals surface area contributed by atoms with Crippen LogP contribution in [0.2, 0.25) is 0 Å². The van der Waals surface area contributed by atoms with Gasteiger partial charge in [0.2, 0.25) is 0 Å². The highest BCUT2D eigenvalue weighted by Crippen LogP contribution is 2.20. The number of carbonyl (C=O) groups excluding carboxylic acids is 2. The molecule has 26 heavy (non-hydrogen) atoms. The zero-order valence-corrected chi connectivity index (χ0v) is 13.2. The number of nitro benzene ring substituents is 1. The molecule has 0 spiro atoms. The Balaban J connectivity index is 2.03. The molecule has 0 aliphatic heterocycles. The van der Waals surface area contributed by atoms with E-state index in [9.17, 15) is 32.9 Å². The Hall–Kier alpha value is -3.43. The van der Waals surface area contributed by atoms with Crippen LogP contribution in [-0.2, 0) is 9.53 Å². The van der Waals surface area contributed by atoms with Crippen LogP contribution in [0.5, 0.6) is 0 Å². The van der Waals surface area contributed by atoms with Crippen LogP contribution in [0, 0.1) is 27.6 Å². The van der Waals surface area contributed by atoms with Gasteiger partial charge in [0, 0.05) is 12.1 Å². The van der Waals surface area contributed by atoms with E-state index < -0.39 is 46.0 Å². The molecule has 2 rings (SSSR count). The van der Waals surface area contributed by atoms with Crippen molar-refractivity contribution < 1.29 is 32.4 Å². The van der Waals surface area contributed by atoms with E-state index in [1.165, 1.54) is 6.92 Å². The van der Waals surface area contributed by atoms with Gasteiger partial charge in [-0.15, -0.1) is 0 Å². The van der Waals surface area contributed by atoms with Gasteiger partial charge >= 0.3 is 5.97 Å². The van der Waals surface area contributed by atoms with Crippen molar-refractivity contribution >= 4 is 23.3 Å². The highest BCUT2D eigenvalue weighted by molar-refractivity contribution is 5.97. The highest BCUT2D eigenvalue weighted by atomic mass is 19.2. The fourth-order valence-corrected chi connectivity index (χ4v) is 1.86. The predicted octanol–water partition coefficient (Wildman–Crippen LogP) is 3.20. The van der Waals surface area contributed by atoms with E-state index in [0.717, 1.165) is 30.3 Å². The van der Waals surface area contributed by atoms with Crippen LogP contribution in [0.4, 0.5) is 24.5 Å². The van der Waals surface area contributed by atoms with Crippen LogP contribution in [0.1, 0.15) is 17.3 Å². The molecule has 0 aliphatic rings. The fraction of sp³-hybridized carbons (Fsp3) is 0.125. The van der Waals surface area contributed by atoms with E-state index in [-0.39, 0.29) is 11.3 Å². The molecule has 136 valence electrons. The standard InChI is InChI=1S/C16H11F3N2O5/c1-8(15(22)20-12-7-6-11(17)13(18)14(12)19)26-16(23)9-2-4-10(5-3-9)21(24)25/h2-8H,1H3,(H,20,22)/t8-/m0/s1. The zero-order chi connectivity index (χ0) is 19.4. The van der Waals surface area contributed by atoms with Crippen LogP contribution >= 0.6 is 0 Å². The average molecular weight is 368 g/mol. The topological polar surface area (TPSA) is 98.5 Å². The Kier molecular flexibility index (Phi) is 5.55. The number of benzene rings is 2. The second-order valence-corrected chi connectivity index (χ2v) is 5.06. The molecule has 0 radical (unpaired) electrons. The fourth-order valence-electron chi connectivity index (χ4n) is 1.86. The first-order valence-electron chi connectivity index (χ1n) is 7.10. The van der Waals surface area contributed by atoms with Gasteiger partial charge in [0.05, 0.1) is 16.2 Å². The van der Waals surface area contributed by atoms with E-state index in [1.54, 1.807) is 0 Å². The number of nitrogens with one attached hydrogen (secondary N) is 1. The number of hydrogen-bond donors (Lipinski definition) is 1. The van der Waals surface area contributed by atoms with Crippen LogP contribution in [0.25, 0.3) is 0 Å². The molecule has 0 aromatic heterocycles. The second-order valence-electron chi connectivity index (χ2n) is 5.06. The third-order valence-electron chi connectivity index (χ3n) is 3.26. The number of esters is 1. The number of halogens is 3. The van der Waals surface area contributed by atoms with Crippen molar-refractivity contribution in [3.63, 3.8) is 0 Å². The largest absolute Gasteiger partial charge is 0.449 e. The summed E-state index contributed by atoms with van der Waals surface area (Å²) < 4.78 is 44.4. The minimum atomic E-state index is -1.75. The minimum Gasteiger partial charge on any atom is -0.449 e. The monoisotopic (exact) mass is 368 g/mol. The summed E-state index contributed by atoms with van der Waals surface area (Å²) in [6.07, 6.45) is -1.40. The number of hydrogen-bond acceptors (Lipinski definition) is 5. The van der Waals surface area contributed by atoms with E-state index in [4.69, 9.17) is 4.74 Å². The summed E-state index contributed by atoms with van der Waals surface area (Å²) in [7, 11) is 0. The van der Waals surface area contributed by atoms with Gasteiger partial charge in [-0.25, -0.2) is 18.0 Å². The number of rotatable bonds is 5. The quantitative estimate of drug-likeness (QED) is 0.378. The maximum atomic E-state index is 13.5. The number of non-ortho nitro benzene ring substituents is 1. The molecule has 0 heterocycles. The summed E-state index contributed by atoms with van der Waals surface area (Å²) in [6.45, 7) is 1.18. The molecule has 10 heteroatoms. The Bertz CT molecular complexity index is 871. The second kappa shape index (κ2) is 7.64. The lowest BCUT2D eigenvalue weighted by Crippen LogP contribution is -2.30. The van der Waals surface area contributed by atoms with Gasteiger partial charge < -0.3 is 10.1 Å². The van der Waals surface area contributed by atoms with E-state index in [1.807, 2.05) is 5.32 Å². The molecular formula is C16H11F3N2O5. The van der Waals surface area contributed by atoms with Crippen molar-refractivity contribution in [1.82, 2.24) is 0 Å². The average Bonchev–Trinajstić information content (AvgIpc) is 2.62. The van der Waals surface area contributed by atoms with Gasteiger partial charge in [0.1, 0.15) is 0 Å². The molecule has 2 aromatic carbocycles. The lowest BCUT2D eigenvalue weighted by atomic mass is 10.2. The Labute approximate surface area is 144 Å². The number of ether oxygens (including phenoxy) is 1. The molecule has 1 atom stereocenters. The van der Waals surface area contributed by atoms with Crippen molar-refractivity contribution in [3.8, 4) is 0 Å². The first-order valence-corrected chi connectivity index (χ1v) is 7.10. The number of nitrogens with zero attached hydrogens (tertiary/aromatic N) is 1. The molecule has 1 amide bonds. The SMILES string of the molecule is C[C@H](OC(=O)c1ccc([N+](=O)[O-])cc1)C(=O)Nc1ccc(F)c(F)c1F. The molecule has 7 nitrogen and oxygen atoms in total. The Morgan fingerprint density at radius 2 is 1.69 bits per heavy atom. The van der Waals surface area contributed by atoms with Crippen LogP contribution in [0.3, 0.4) is 0 Å². The molecule has 0 saturated heterocycles. The third-order valence-corrected chi connectivity index (χ3v) is 3.26. The molecule has 0 unspecified atom stereocenters. The van der Waals surface area contributed by atoms with Gasteiger partial charge in [-0.2, -0.15) is 0 Å². The molecule has 0 fully saturated rings. The van der Waals surface area contributed by atoms with Crippen molar-refractivity contribution in [2.24, 2.45) is 0 Å². The minimum absolute atomic E-state index is 0.0470. The van der Waals surface area contributed by atoms with E-state index in [0.29, 0.717) is 6.07 Å². The number of amides is 1. The van der Waals surface area contributed by atoms with Crippen molar-refractivity contribution in [1.29, 1.82) is 0 Å². The van der Waals surface area contributed by atoms with Gasteiger partial charge in [-0.1, -0.05) is 0 Å². The lowest BCUT2D eigenvalue weighted by molar-refractivity contribution is -0.384. The molecular weight excluding hydrogens is 357 g/mol. The van der Waals surface area contributed by atoms with Crippen LogP contribution in [0.15, 0.2) is 36.4 Å². The smallest absolute Gasteiger partial charge is 0.338 e. The highest BCUT2D eigenvalue weighted by Gasteiger charge is 2.22. The van der Waals surface area contributed by atoms with Crippen molar-refractivity contribution in [2.75, 3.05) is 5.32 Å². The summed E-state index contributed by atoms with van der Waals surface area (Å²) in [6, 6.07) is 5.88. The maximum Gasteiger partial charge on any atom is 0.338 e. The van der Waals surface area contributed by atoms with Gasteiger partial charge in [-0.05, 0) is 31.2 Å². The number of carbonyl (C=O) groups is 2. The summed E-state index contributed by atoms with van der Waals surface area (Å²) in [5, 5.41) is 12.5. The molecule has 1 N–H and O–H groups in total. The van der Waals surface area contributed by atoms with Crippen LogP contribution in [-0.4, -0.2) is 22.9 Å². The van der Waals surface area contributed by atoms with Crippen molar-refractivity contribution in [3.05, 3.63) is 69.5 Å².